The van der Waals surface area contributed by atoms with E-state index in [1.54, 1.807) is 20.3 Å². The van der Waals surface area contributed by atoms with Gasteiger partial charge in [-0.1, -0.05) is 53.6 Å². The third-order valence-electron chi connectivity index (χ3n) is 7.48. The standard InChI is InChI=1S/C32H31ClN2O4/c1-18-9-12-22(13-10-18)35-32(37)29-19(2)34-25-15-21(20-11-14-27(38-3)28(17-20)39-4)16-26(36)31(25)30(29)23-7-5-6-8-24(23)33/h5-14,17,21,30,34H,15-16H2,1-4H3,(H,35,37)/t21-,30+/m1/s1. The van der Waals surface area contributed by atoms with E-state index in [-0.39, 0.29) is 17.6 Å². The molecule has 0 unspecified atom stereocenters. The fourth-order valence-corrected chi connectivity index (χ4v) is 5.78. The van der Waals surface area contributed by atoms with Gasteiger partial charge in [0.25, 0.3) is 5.91 Å². The molecule has 1 aliphatic carbocycles. The van der Waals surface area contributed by atoms with Crippen molar-refractivity contribution in [1.82, 2.24) is 5.32 Å². The molecule has 39 heavy (non-hydrogen) atoms. The molecule has 3 aromatic carbocycles. The molecule has 1 aliphatic heterocycles. The van der Waals surface area contributed by atoms with Crippen LogP contribution in [0.15, 0.2) is 89.3 Å². The molecular weight excluding hydrogens is 512 g/mol. The molecular formula is C32H31ClN2O4. The van der Waals surface area contributed by atoms with Gasteiger partial charge in [0.1, 0.15) is 0 Å². The van der Waals surface area contributed by atoms with Crippen LogP contribution in [-0.2, 0) is 9.59 Å². The van der Waals surface area contributed by atoms with Gasteiger partial charge >= 0.3 is 0 Å². The van der Waals surface area contributed by atoms with Crippen molar-refractivity contribution in [3.05, 3.63) is 111 Å². The maximum absolute atomic E-state index is 13.9. The SMILES string of the molecule is COc1ccc([C@H]2CC(=O)C3=C(C2)NC(C)=C(C(=O)Nc2ccc(C)cc2)[C@@H]3c2ccccc2Cl)cc1OC. The van der Waals surface area contributed by atoms with Gasteiger partial charge in [-0.3, -0.25) is 9.59 Å². The first-order valence-electron chi connectivity index (χ1n) is 12.9. The molecule has 200 valence electrons. The molecule has 1 amide bonds. The molecule has 0 spiro atoms. The maximum atomic E-state index is 13.9. The maximum Gasteiger partial charge on any atom is 0.254 e. The first-order valence-corrected chi connectivity index (χ1v) is 13.3. The first-order chi connectivity index (χ1) is 18.8. The molecule has 1 heterocycles. The second-order valence-electron chi connectivity index (χ2n) is 9.97. The van der Waals surface area contributed by atoms with Crippen LogP contribution in [0.4, 0.5) is 5.69 Å². The molecule has 3 aromatic rings. The molecule has 2 aliphatic rings. The highest BCUT2D eigenvalue weighted by molar-refractivity contribution is 6.31. The highest BCUT2D eigenvalue weighted by atomic mass is 35.5. The molecule has 0 aromatic heterocycles. The summed E-state index contributed by atoms with van der Waals surface area (Å²) in [5.41, 5.74) is 6.12. The Morgan fingerprint density at radius 2 is 1.67 bits per heavy atom. The van der Waals surface area contributed by atoms with Crippen molar-refractivity contribution in [2.24, 2.45) is 0 Å². The highest BCUT2D eigenvalue weighted by Gasteiger charge is 2.41. The van der Waals surface area contributed by atoms with Crippen LogP contribution in [0.25, 0.3) is 0 Å². The van der Waals surface area contributed by atoms with Crippen molar-refractivity contribution in [3.63, 3.8) is 0 Å². The molecule has 6 nitrogen and oxygen atoms in total. The number of rotatable bonds is 6. The van der Waals surface area contributed by atoms with Gasteiger partial charge in [0, 0.05) is 45.6 Å². The Morgan fingerprint density at radius 1 is 0.949 bits per heavy atom. The summed E-state index contributed by atoms with van der Waals surface area (Å²) in [5, 5.41) is 6.95. The van der Waals surface area contributed by atoms with Crippen molar-refractivity contribution >= 4 is 29.0 Å². The number of benzene rings is 3. The summed E-state index contributed by atoms with van der Waals surface area (Å²) in [4.78, 5) is 27.6. The summed E-state index contributed by atoms with van der Waals surface area (Å²) in [7, 11) is 3.20. The van der Waals surface area contributed by atoms with E-state index >= 15 is 0 Å². The molecule has 0 saturated heterocycles. The largest absolute Gasteiger partial charge is 0.493 e. The smallest absolute Gasteiger partial charge is 0.254 e. The number of carbonyl (C=O) groups is 2. The fraction of sp³-hybridized carbons (Fsp3) is 0.250. The van der Waals surface area contributed by atoms with Gasteiger partial charge in [0.05, 0.1) is 14.2 Å². The monoisotopic (exact) mass is 542 g/mol. The van der Waals surface area contributed by atoms with Crippen molar-refractivity contribution in [1.29, 1.82) is 0 Å². The van der Waals surface area contributed by atoms with Crippen LogP contribution in [0.2, 0.25) is 5.02 Å². The number of amides is 1. The quantitative estimate of drug-likeness (QED) is 0.364. The number of hydrogen-bond donors (Lipinski definition) is 2. The molecule has 0 radical (unpaired) electrons. The van der Waals surface area contributed by atoms with E-state index in [9.17, 15) is 9.59 Å². The van der Waals surface area contributed by atoms with Gasteiger partial charge in [-0.2, -0.15) is 0 Å². The van der Waals surface area contributed by atoms with Crippen molar-refractivity contribution in [3.8, 4) is 11.5 Å². The van der Waals surface area contributed by atoms with Crippen LogP contribution in [-0.4, -0.2) is 25.9 Å². The van der Waals surface area contributed by atoms with Crippen molar-refractivity contribution in [2.75, 3.05) is 19.5 Å². The first kappa shape index (κ1) is 26.6. The Kier molecular flexibility index (Phi) is 7.49. The molecule has 5 rings (SSSR count). The minimum Gasteiger partial charge on any atom is -0.493 e. The molecule has 7 heteroatoms. The second kappa shape index (κ2) is 11.0. The van der Waals surface area contributed by atoms with Crippen LogP contribution in [0, 0.1) is 6.92 Å². The average Bonchev–Trinajstić information content (AvgIpc) is 2.93. The second-order valence-corrected chi connectivity index (χ2v) is 10.4. The number of methoxy groups -OCH3 is 2. The Labute approximate surface area is 233 Å². The van der Waals surface area contributed by atoms with E-state index in [4.69, 9.17) is 21.1 Å². The summed E-state index contributed by atoms with van der Waals surface area (Å²) in [6, 6.07) is 20.8. The van der Waals surface area contributed by atoms with Gasteiger partial charge in [0.2, 0.25) is 0 Å². The Morgan fingerprint density at radius 3 is 2.36 bits per heavy atom. The summed E-state index contributed by atoms with van der Waals surface area (Å²) >= 11 is 6.68. The number of ketones is 1. The number of hydrogen-bond acceptors (Lipinski definition) is 5. The third kappa shape index (κ3) is 5.17. The number of halogens is 1. The van der Waals surface area contributed by atoms with Crippen LogP contribution in [0.5, 0.6) is 11.5 Å². The summed E-state index contributed by atoms with van der Waals surface area (Å²) < 4.78 is 10.9. The van der Waals surface area contributed by atoms with Crippen LogP contribution in [0.1, 0.15) is 48.3 Å². The molecule has 0 bridgehead atoms. The number of allylic oxidation sites excluding steroid dienone is 3. The molecule has 0 fully saturated rings. The van der Waals surface area contributed by atoms with E-state index in [1.165, 1.54) is 0 Å². The van der Waals surface area contributed by atoms with Gasteiger partial charge in [-0.15, -0.1) is 0 Å². The number of nitrogens with one attached hydrogen (secondary N) is 2. The van der Waals surface area contributed by atoms with E-state index in [0.717, 1.165) is 22.4 Å². The lowest BCUT2D eigenvalue weighted by molar-refractivity contribution is -0.116. The van der Waals surface area contributed by atoms with Crippen LogP contribution < -0.4 is 20.1 Å². The fourth-order valence-electron chi connectivity index (χ4n) is 5.54. The zero-order chi connectivity index (χ0) is 27.7. The van der Waals surface area contributed by atoms with Gasteiger partial charge < -0.3 is 20.1 Å². The third-order valence-corrected chi connectivity index (χ3v) is 7.82. The van der Waals surface area contributed by atoms with E-state index in [0.29, 0.717) is 51.9 Å². The number of dihydropyridines is 1. The minimum atomic E-state index is -0.584. The van der Waals surface area contributed by atoms with Gasteiger partial charge in [-0.25, -0.2) is 0 Å². The van der Waals surface area contributed by atoms with E-state index in [2.05, 4.69) is 10.6 Å². The Bertz CT molecular complexity index is 1510. The average molecular weight is 543 g/mol. The lowest BCUT2D eigenvalue weighted by Gasteiger charge is -2.37. The summed E-state index contributed by atoms with van der Waals surface area (Å²) in [6.45, 7) is 3.87. The molecule has 2 atom stereocenters. The van der Waals surface area contributed by atoms with Crippen LogP contribution >= 0.6 is 11.6 Å². The lowest BCUT2D eigenvalue weighted by atomic mass is 9.71. The number of anilines is 1. The predicted molar refractivity (Wildman–Crippen MR) is 153 cm³/mol. The zero-order valence-corrected chi connectivity index (χ0v) is 23.2. The van der Waals surface area contributed by atoms with Crippen molar-refractivity contribution in [2.45, 2.75) is 38.5 Å². The topological polar surface area (TPSA) is 76.7 Å². The zero-order valence-electron chi connectivity index (χ0n) is 22.4. The lowest BCUT2D eigenvalue weighted by Crippen LogP contribution is -2.37. The molecule has 2 N–H and O–H groups in total. The number of Topliss-reactive ketones (excluding diaryl/α,β-unsaturated/α-hetero) is 1. The van der Waals surface area contributed by atoms with Crippen molar-refractivity contribution < 1.29 is 19.1 Å². The number of aryl methyl sites for hydroxylation is 1. The van der Waals surface area contributed by atoms with Gasteiger partial charge in [-0.05, 0) is 67.6 Å². The van der Waals surface area contributed by atoms with E-state index < -0.39 is 5.92 Å². The van der Waals surface area contributed by atoms with Gasteiger partial charge in [0.15, 0.2) is 17.3 Å². The highest BCUT2D eigenvalue weighted by Crippen LogP contribution is 2.47. The number of ether oxygens (including phenoxy) is 2. The Hall–Kier alpha value is -4.03. The minimum absolute atomic E-state index is 0.0124. The predicted octanol–water partition coefficient (Wildman–Crippen LogP) is 6.67. The Balaban J connectivity index is 1.55. The van der Waals surface area contributed by atoms with Crippen LogP contribution in [0.3, 0.4) is 0 Å². The van der Waals surface area contributed by atoms with E-state index in [1.807, 2.05) is 74.5 Å². The molecule has 0 saturated carbocycles. The normalized spacial score (nSPS) is 18.8. The summed E-state index contributed by atoms with van der Waals surface area (Å²) in [6.07, 6.45) is 0.921. The summed E-state index contributed by atoms with van der Waals surface area (Å²) in [5.74, 6) is 0.349. The number of carbonyl (C=O) groups excluding carboxylic acids is 2.